The molecule has 2 aromatic carbocycles. The Hall–Kier alpha value is -2.13. The summed E-state index contributed by atoms with van der Waals surface area (Å²) >= 11 is 11.6. The summed E-state index contributed by atoms with van der Waals surface area (Å²) in [6.07, 6.45) is 0. The van der Waals surface area contributed by atoms with E-state index in [-0.39, 0.29) is 21.5 Å². The van der Waals surface area contributed by atoms with E-state index in [1.807, 2.05) is 0 Å². The first-order valence-corrected chi connectivity index (χ1v) is 10.2. The summed E-state index contributed by atoms with van der Waals surface area (Å²) < 4.78 is 36.6. The molecule has 10 heteroatoms. The first-order valence-electron chi connectivity index (χ1n) is 7.95. The molecule has 0 aliphatic carbocycles. The first kappa shape index (κ1) is 22.2. The van der Waals surface area contributed by atoms with Crippen molar-refractivity contribution < 1.29 is 27.5 Å². The Bertz CT molecular complexity index is 976. The number of hydrogen-bond donors (Lipinski definition) is 1. The van der Waals surface area contributed by atoms with Crippen LogP contribution in [0.4, 0.5) is 0 Å². The molecule has 0 saturated heterocycles. The second-order valence-corrected chi connectivity index (χ2v) is 8.24. The average Bonchev–Trinajstić information content (AvgIpc) is 2.67. The minimum absolute atomic E-state index is 0.0789. The van der Waals surface area contributed by atoms with E-state index in [0.717, 1.165) is 0 Å². The van der Waals surface area contributed by atoms with E-state index < -0.39 is 28.0 Å². The third-order valence-electron chi connectivity index (χ3n) is 3.64. The minimum Gasteiger partial charge on any atom is -0.465 e. The third-order valence-corrected chi connectivity index (χ3v) is 5.92. The molecule has 0 heterocycles. The lowest BCUT2D eigenvalue weighted by molar-refractivity contribution is -0.146. The molecular formula is C18H17Cl2NO6S. The van der Waals surface area contributed by atoms with Crippen LogP contribution in [0.25, 0.3) is 0 Å². The van der Waals surface area contributed by atoms with E-state index in [2.05, 4.69) is 9.46 Å². The van der Waals surface area contributed by atoms with Crippen LogP contribution in [-0.2, 0) is 30.9 Å². The molecule has 0 amide bonds. The van der Waals surface area contributed by atoms with Crippen molar-refractivity contribution in [2.75, 3.05) is 7.11 Å². The molecule has 0 saturated carbocycles. The summed E-state index contributed by atoms with van der Waals surface area (Å²) in [5.41, 5.74) is 0.987. The lowest BCUT2D eigenvalue weighted by Crippen LogP contribution is -2.39. The van der Waals surface area contributed by atoms with E-state index in [1.165, 1.54) is 44.4 Å². The van der Waals surface area contributed by atoms with Gasteiger partial charge in [-0.05, 0) is 42.8 Å². The largest absolute Gasteiger partial charge is 0.465 e. The van der Waals surface area contributed by atoms with Crippen molar-refractivity contribution in [1.82, 2.24) is 4.72 Å². The molecule has 28 heavy (non-hydrogen) atoms. The molecule has 2 rings (SSSR count). The Morgan fingerprint density at radius 3 is 2.29 bits per heavy atom. The summed E-state index contributed by atoms with van der Waals surface area (Å²) in [6, 6.07) is 8.95. The zero-order valence-electron chi connectivity index (χ0n) is 14.9. The Labute approximate surface area is 172 Å². The van der Waals surface area contributed by atoms with Crippen molar-refractivity contribution in [1.29, 1.82) is 0 Å². The van der Waals surface area contributed by atoms with Crippen LogP contribution in [0.1, 0.15) is 22.8 Å². The standard InChI is InChI=1S/C18H17Cl2NO6S/c1-11(21-28(24,25)14-7-8-15(19)16(20)9-14)17(22)27-10-12-3-5-13(6-4-12)18(23)26-2/h3-9,11,21H,10H2,1-2H3/t11-/m0/s1. The summed E-state index contributed by atoms with van der Waals surface area (Å²) in [6.45, 7) is 1.27. The Balaban J connectivity index is 1.96. The molecule has 150 valence electrons. The van der Waals surface area contributed by atoms with Crippen molar-refractivity contribution in [3.05, 3.63) is 63.6 Å². The Morgan fingerprint density at radius 2 is 1.71 bits per heavy atom. The fraction of sp³-hybridized carbons (Fsp3) is 0.222. The predicted molar refractivity (Wildman–Crippen MR) is 104 cm³/mol. The lowest BCUT2D eigenvalue weighted by atomic mass is 10.1. The van der Waals surface area contributed by atoms with Crippen molar-refractivity contribution in [2.45, 2.75) is 24.5 Å². The van der Waals surface area contributed by atoms with Crippen LogP contribution in [0, 0.1) is 0 Å². The molecule has 0 aromatic heterocycles. The van der Waals surface area contributed by atoms with Gasteiger partial charge in [0.05, 0.1) is 27.6 Å². The van der Waals surface area contributed by atoms with Gasteiger partial charge in [0.1, 0.15) is 12.6 Å². The third kappa shape index (κ3) is 5.68. The number of ether oxygens (including phenoxy) is 2. The fourth-order valence-electron chi connectivity index (χ4n) is 2.13. The van der Waals surface area contributed by atoms with Crippen LogP contribution in [0.5, 0.6) is 0 Å². The van der Waals surface area contributed by atoms with Crippen molar-refractivity contribution in [3.8, 4) is 0 Å². The zero-order chi connectivity index (χ0) is 20.9. The molecule has 0 fully saturated rings. The number of carbonyl (C=O) groups excluding carboxylic acids is 2. The molecule has 0 unspecified atom stereocenters. The predicted octanol–water partition coefficient (Wildman–Crippen LogP) is 3.19. The Morgan fingerprint density at radius 1 is 1.07 bits per heavy atom. The molecule has 0 aliphatic heterocycles. The second kappa shape index (κ2) is 9.38. The normalized spacial score (nSPS) is 12.3. The molecule has 0 radical (unpaired) electrons. The van der Waals surface area contributed by atoms with Gasteiger partial charge in [-0.2, -0.15) is 4.72 Å². The number of hydrogen-bond acceptors (Lipinski definition) is 6. The van der Waals surface area contributed by atoms with Crippen LogP contribution in [-0.4, -0.2) is 33.5 Å². The van der Waals surface area contributed by atoms with Crippen molar-refractivity contribution in [2.24, 2.45) is 0 Å². The number of benzene rings is 2. The van der Waals surface area contributed by atoms with Crippen LogP contribution in [0.15, 0.2) is 47.4 Å². The fourth-order valence-corrected chi connectivity index (χ4v) is 3.71. The topological polar surface area (TPSA) is 98.8 Å². The van der Waals surface area contributed by atoms with Gasteiger partial charge in [-0.15, -0.1) is 0 Å². The highest BCUT2D eigenvalue weighted by atomic mass is 35.5. The molecule has 0 bridgehead atoms. The van der Waals surface area contributed by atoms with Gasteiger partial charge in [0.25, 0.3) is 0 Å². The number of esters is 2. The van der Waals surface area contributed by atoms with Crippen LogP contribution in [0.3, 0.4) is 0 Å². The molecule has 0 spiro atoms. The van der Waals surface area contributed by atoms with E-state index >= 15 is 0 Å². The molecule has 0 aliphatic rings. The van der Waals surface area contributed by atoms with Crippen LogP contribution < -0.4 is 4.72 Å². The van der Waals surface area contributed by atoms with Crippen molar-refractivity contribution in [3.63, 3.8) is 0 Å². The van der Waals surface area contributed by atoms with E-state index in [1.54, 1.807) is 12.1 Å². The summed E-state index contributed by atoms with van der Waals surface area (Å²) in [7, 11) is -2.71. The first-order chi connectivity index (χ1) is 13.1. The average molecular weight is 446 g/mol. The van der Waals surface area contributed by atoms with Gasteiger partial charge in [0, 0.05) is 0 Å². The van der Waals surface area contributed by atoms with Crippen LogP contribution >= 0.6 is 23.2 Å². The van der Waals surface area contributed by atoms with Crippen LogP contribution in [0.2, 0.25) is 10.0 Å². The van der Waals surface area contributed by atoms with E-state index in [9.17, 15) is 18.0 Å². The summed E-state index contributed by atoms with van der Waals surface area (Å²) in [5.74, 6) is -1.24. The number of rotatable bonds is 7. The minimum atomic E-state index is -3.99. The van der Waals surface area contributed by atoms with Gasteiger partial charge in [-0.1, -0.05) is 35.3 Å². The maximum Gasteiger partial charge on any atom is 0.337 e. The highest BCUT2D eigenvalue weighted by molar-refractivity contribution is 7.89. The SMILES string of the molecule is COC(=O)c1ccc(COC(=O)[C@H](C)NS(=O)(=O)c2ccc(Cl)c(Cl)c2)cc1. The number of sulfonamides is 1. The monoisotopic (exact) mass is 445 g/mol. The maximum absolute atomic E-state index is 12.4. The molecule has 1 N–H and O–H groups in total. The quantitative estimate of drug-likeness (QED) is 0.656. The zero-order valence-corrected chi connectivity index (χ0v) is 17.3. The number of nitrogens with one attached hydrogen (secondary N) is 1. The Kier molecular flexibility index (Phi) is 7.42. The van der Waals surface area contributed by atoms with Gasteiger partial charge in [0.2, 0.25) is 10.0 Å². The second-order valence-electron chi connectivity index (χ2n) is 5.72. The van der Waals surface area contributed by atoms with E-state index in [4.69, 9.17) is 27.9 Å². The highest BCUT2D eigenvalue weighted by Crippen LogP contribution is 2.24. The molecule has 7 nitrogen and oxygen atoms in total. The maximum atomic E-state index is 12.4. The molecular weight excluding hydrogens is 429 g/mol. The van der Waals surface area contributed by atoms with Gasteiger partial charge in [0.15, 0.2) is 0 Å². The number of carbonyl (C=O) groups is 2. The van der Waals surface area contributed by atoms with Crippen molar-refractivity contribution >= 4 is 45.2 Å². The molecule has 1 atom stereocenters. The van der Waals surface area contributed by atoms with Gasteiger partial charge < -0.3 is 9.47 Å². The number of halogens is 2. The highest BCUT2D eigenvalue weighted by Gasteiger charge is 2.23. The smallest absolute Gasteiger partial charge is 0.337 e. The van der Waals surface area contributed by atoms with Gasteiger partial charge in [-0.3, -0.25) is 4.79 Å². The summed E-state index contributed by atoms with van der Waals surface area (Å²) in [4.78, 5) is 23.4. The van der Waals surface area contributed by atoms with Gasteiger partial charge >= 0.3 is 11.9 Å². The van der Waals surface area contributed by atoms with Gasteiger partial charge in [-0.25, -0.2) is 13.2 Å². The van der Waals surface area contributed by atoms with E-state index in [0.29, 0.717) is 11.1 Å². The molecule has 2 aromatic rings. The summed E-state index contributed by atoms with van der Waals surface area (Å²) in [5, 5.41) is 0.293. The number of methoxy groups -OCH3 is 1. The lowest BCUT2D eigenvalue weighted by Gasteiger charge is -2.14.